The normalized spacial score (nSPS) is 15.3. The molecule has 144 valence electrons. The number of nitrogens with zero attached hydrogens (tertiary/aromatic N) is 2. The number of carbonyl (C=O) groups is 2. The van der Waals surface area contributed by atoms with E-state index in [1.807, 2.05) is 16.7 Å². The summed E-state index contributed by atoms with van der Waals surface area (Å²) in [4.78, 5) is 28.2. The number of carboxylic acids is 1. The van der Waals surface area contributed by atoms with Gasteiger partial charge in [-0.25, -0.2) is 4.79 Å². The Morgan fingerprint density at radius 2 is 1.92 bits per heavy atom. The summed E-state index contributed by atoms with van der Waals surface area (Å²) < 4.78 is 0. The number of amides is 2. The first-order valence-corrected chi connectivity index (χ1v) is 10.2. The van der Waals surface area contributed by atoms with Gasteiger partial charge in [0.15, 0.2) is 0 Å². The van der Waals surface area contributed by atoms with E-state index in [1.165, 1.54) is 10.5 Å². The molecular formula is C19H29N3O3S. The van der Waals surface area contributed by atoms with Crippen molar-refractivity contribution in [3.63, 3.8) is 0 Å². The third kappa shape index (κ3) is 6.53. The van der Waals surface area contributed by atoms with Gasteiger partial charge >= 0.3 is 12.0 Å². The number of likely N-dealkylation sites (N-methyl/N-ethyl adjacent to an activating group) is 1. The molecular weight excluding hydrogens is 350 g/mol. The summed E-state index contributed by atoms with van der Waals surface area (Å²) in [6, 6.07) is 8.61. The fourth-order valence-corrected chi connectivity index (χ4v) is 3.95. The molecule has 1 aromatic rings. The van der Waals surface area contributed by atoms with Crippen molar-refractivity contribution in [1.82, 2.24) is 15.1 Å². The van der Waals surface area contributed by atoms with Crippen LogP contribution in [0.15, 0.2) is 29.2 Å². The van der Waals surface area contributed by atoms with E-state index in [0.29, 0.717) is 19.6 Å². The Labute approximate surface area is 159 Å². The maximum absolute atomic E-state index is 12.3. The average molecular weight is 380 g/mol. The minimum atomic E-state index is -0.793. The first-order chi connectivity index (χ1) is 12.5. The van der Waals surface area contributed by atoms with E-state index in [-0.39, 0.29) is 18.6 Å². The number of piperidine rings is 1. The number of thioether (sulfide) groups is 1. The zero-order valence-corrected chi connectivity index (χ0v) is 16.4. The molecule has 2 N–H and O–H groups in total. The molecule has 7 heteroatoms. The van der Waals surface area contributed by atoms with E-state index >= 15 is 0 Å². The van der Waals surface area contributed by atoms with Gasteiger partial charge in [0, 0.05) is 36.3 Å². The number of carbonyl (C=O) groups excluding carboxylic acids is 1. The van der Waals surface area contributed by atoms with Gasteiger partial charge in [0.2, 0.25) is 0 Å². The van der Waals surface area contributed by atoms with E-state index in [2.05, 4.69) is 36.5 Å². The average Bonchev–Trinajstić information content (AvgIpc) is 2.64. The highest BCUT2D eigenvalue weighted by molar-refractivity contribution is 7.99. The van der Waals surface area contributed by atoms with Crippen LogP contribution in [0.3, 0.4) is 0 Å². The first-order valence-electron chi connectivity index (χ1n) is 9.17. The molecule has 1 aliphatic rings. The second-order valence-corrected chi connectivity index (χ2v) is 7.74. The van der Waals surface area contributed by atoms with Crippen LogP contribution in [0.1, 0.15) is 25.3 Å². The molecule has 2 rings (SSSR count). The monoisotopic (exact) mass is 379 g/mol. The van der Waals surface area contributed by atoms with Crippen molar-refractivity contribution in [3.05, 3.63) is 29.8 Å². The minimum Gasteiger partial charge on any atom is -0.480 e. The second-order valence-electron chi connectivity index (χ2n) is 6.57. The van der Waals surface area contributed by atoms with Crippen molar-refractivity contribution >= 4 is 23.8 Å². The lowest BCUT2D eigenvalue weighted by Crippen LogP contribution is -2.50. The summed E-state index contributed by atoms with van der Waals surface area (Å²) in [6.07, 6.45) is 1.65. The lowest BCUT2D eigenvalue weighted by molar-refractivity contribution is -0.139. The zero-order chi connectivity index (χ0) is 18.9. The molecule has 1 aliphatic heterocycles. The molecule has 1 saturated heterocycles. The summed E-state index contributed by atoms with van der Waals surface area (Å²) >= 11 is 1.74. The van der Waals surface area contributed by atoms with Gasteiger partial charge in [0.1, 0.15) is 0 Å². The molecule has 6 nitrogen and oxygen atoms in total. The fourth-order valence-electron chi connectivity index (χ4n) is 3.18. The third-order valence-electron chi connectivity index (χ3n) is 4.68. The molecule has 0 saturated carbocycles. The van der Waals surface area contributed by atoms with Crippen LogP contribution in [0.4, 0.5) is 4.79 Å². The number of rotatable bonds is 8. The lowest BCUT2D eigenvalue weighted by Gasteiger charge is -2.37. The Balaban J connectivity index is 1.66. The van der Waals surface area contributed by atoms with Gasteiger partial charge < -0.3 is 15.3 Å². The third-order valence-corrected chi connectivity index (χ3v) is 5.69. The van der Waals surface area contributed by atoms with Gasteiger partial charge in [0.05, 0.1) is 6.54 Å². The van der Waals surface area contributed by atoms with Gasteiger partial charge in [0.25, 0.3) is 0 Å². The van der Waals surface area contributed by atoms with Crippen LogP contribution in [0, 0.1) is 6.92 Å². The number of hydrogen-bond acceptors (Lipinski definition) is 4. The number of nitrogens with one attached hydrogen (secondary N) is 1. The highest BCUT2D eigenvalue weighted by atomic mass is 32.2. The first kappa shape index (κ1) is 20.6. The van der Waals surface area contributed by atoms with E-state index in [4.69, 9.17) is 5.11 Å². The molecule has 0 bridgehead atoms. The summed E-state index contributed by atoms with van der Waals surface area (Å²) in [6.45, 7) is 6.84. The molecule has 26 heavy (non-hydrogen) atoms. The van der Waals surface area contributed by atoms with Crippen molar-refractivity contribution in [3.8, 4) is 0 Å². The number of likely N-dealkylation sites (tertiary alicyclic amines) is 1. The van der Waals surface area contributed by atoms with Crippen molar-refractivity contribution in [2.24, 2.45) is 0 Å². The smallest absolute Gasteiger partial charge is 0.317 e. The summed E-state index contributed by atoms with van der Waals surface area (Å²) in [5.41, 5.74) is 1.25. The van der Waals surface area contributed by atoms with Crippen molar-refractivity contribution in [2.45, 2.75) is 37.6 Å². The molecule has 0 unspecified atom stereocenters. The van der Waals surface area contributed by atoms with E-state index in [9.17, 15) is 9.59 Å². The molecule has 0 aliphatic carbocycles. The minimum absolute atomic E-state index is 0.0192. The van der Waals surface area contributed by atoms with Crippen LogP contribution < -0.4 is 5.32 Å². The van der Waals surface area contributed by atoms with E-state index in [1.54, 1.807) is 11.8 Å². The molecule has 0 radical (unpaired) electrons. The zero-order valence-electron chi connectivity index (χ0n) is 15.6. The Hall–Kier alpha value is -1.73. The maximum atomic E-state index is 12.3. The highest BCUT2D eigenvalue weighted by Crippen LogP contribution is 2.18. The Morgan fingerprint density at radius 1 is 1.27 bits per heavy atom. The van der Waals surface area contributed by atoms with Gasteiger partial charge in [-0.15, -0.1) is 11.8 Å². The fraction of sp³-hybridized carbons (Fsp3) is 0.579. The molecule has 1 heterocycles. The van der Waals surface area contributed by atoms with Crippen molar-refractivity contribution in [1.29, 1.82) is 0 Å². The van der Waals surface area contributed by atoms with E-state index < -0.39 is 5.97 Å². The molecule has 0 aromatic heterocycles. The SMILES string of the molecule is CCN(CC(=O)O)C1CCN(C(=O)NCCSc2ccc(C)cc2)CC1. The summed E-state index contributed by atoms with van der Waals surface area (Å²) in [7, 11) is 0. The van der Waals surface area contributed by atoms with Crippen molar-refractivity contribution < 1.29 is 14.7 Å². The molecule has 0 spiro atoms. The molecule has 0 atom stereocenters. The molecule has 2 amide bonds. The Morgan fingerprint density at radius 3 is 2.50 bits per heavy atom. The van der Waals surface area contributed by atoms with Crippen LogP contribution in [0.25, 0.3) is 0 Å². The van der Waals surface area contributed by atoms with E-state index in [0.717, 1.165) is 25.1 Å². The van der Waals surface area contributed by atoms with Crippen molar-refractivity contribution in [2.75, 3.05) is 38.5 Å². The predicted octanol–water partition coefficient (Wildman–Crippen LogP) is 2.67. The lowest BCUT2D eigenvalue weighted by atomic mass is 10.0. The predicted molar refractivity (Wildman–Crippen MR) is 105 cm³/mol. The quantitative estimate of drug-likeness (QED) is 0.537. The summed E-state index contributed by atoms with van der Waals surface area (Å²) in [5.74, 6) is 0.0473. The van der Waals surface area contributed by atoms with Gasteiger partial charge in [-0.05, 0) is 38.4 Å². The van der Waals surface area contributed by atoms with Gasteiger partial charge in [-0.3, -0.25) is 9.69 Å². The second kappa shape index (κ2) is 10.4. The van der Waals surface area contributed by atoms with Crippen LogP contribution >= 0.6 is 11.8 Å². The number of aliphatic carboxylic acids is 1. The molecule has 1 aromatic carbocycles. The van der Waals surface area contributed by atoms with Gasteiger partial charge in [-0.1, -0.05) is 24.6 Å². The van der Waals surface area contributed by atoms with Gasteiger partial charge in [-0.2, -0.15) is 0 Å². The Kier molecular flexibility index (Phi) is 8.25. The standard InChI is InChI=1S/C19H29N3O3S/c1-3-21(14-18(23)24)16-8-11-22(12-9-16)19(25)20-10-13-26-17-6-4-15(2)5-7-17/h4-7,16H,3,8-14H2,1-2H3,(H,20,25)(H,23,24). The number of benzene rings is 1. The maximum Gasteiger partial charge on any atom is 0.317 e. The number of carboxylic acid groups (broad SMARTS) is 1. The van der Waals surface area contributed by atoms with Crippen LogP contribution in [0.2, 0.25) is 0 Å². The summed E-state index contributed by atoms with van der Waals surface area (Å²) in [5, 5.41) is 12.0. The number of aryl methyl sites for hydroxylation is 1. The Bertz CT molecular complexity index is 586. The topological polar surface area (TPSA) is 72.9 Å². The highest BCUT2D eigenvalue weighted by Gasteiger charge is 2.26. The number of urea groups is 1. The van der Waals surface area contributed by atoms with Crippen LogP contribution in [0.5, 0.6) is 0 Å². The molecule has 1 fully saturated rings. The van der Waals surface area contributed by atoms with Crippen LogP contribution in [-0.2, 0) is 4.79 Å². The largest absolute Gasteiger partial charge is 0.480 e. The van der Waals surface area contributed by atoms with Crippen LogP contribution in [-0.4, -0.2) is 71.4 Å². The number of hydrogen-bond donors (Lipinski definition) is 2.